The maximum absolute atomic E-state index is 12.2. The topological polar surface area (TPSA) is 65.0 Å². The zero-order valence-corrected chi connectivity index (χ0v) is 15.7. The lowest BCUT2D eigenvalue weighted by molar-refractivity contribution is -0.163. The lowest BCUT2D eigenvalue weighted by Crippen LogP contribution is -2.27. The van der Waals surface area contributed by atoms with Crippen LogP contribution in [0.4, 0.5) is 0 Å². The minimum Gasteiger partial charge on any atom is -0.458 e. The van der Waals surface area contributed by atoms with Gasteiger partial charge in [-0.15, -0.1) is 0 Å². The Hall–Kier alpha value is -2.41. The van der Waals surface area contributed by atoms with Crippen molar-refractivity contribution in [2.75, 3.05) is 6.61 Å². The van der Waals surface area contributed by atoms with E-state index in [0.29, 0.717) is 13.0 Å². The molecule has 0 unspecified atom stereocenters. The second-order valence-electron chi connectivity index (χ2n) is 6.15. The van der Waals surface area contributed by atoms with Crippen LogP contribution in [-0.2, 0) is 32.2 Å². The normalized spacial score (nSPS) is 19.1. The van der Waals surface area contributed by atoms with Gasteiger partial charge in [0.05, 0.1) is 13.2 Å². The second-order valence-corrected chi connectivity index (χ2v) is 6.93. The smallest absolute Gasteiger partial charge is 0.373 e. The van der Waals surface area contributed by atoms with Gasteiger partial charge in [-0.1, -0.05) is 36.9 Å². The van der Waals surface area contributed by atoms with Crippen LogP contribution in [0.1, 0.15) is 29.0 Å². The molecule has 2 heterocycles. The molecule has 2 atom stereocenters. The van der Waals surface area contributed by atoms with Gasteiger partial charge in [-0.3, -0.25) is 0 Å². The van der Waals surface area contributed by atoms with E-state index in [2.05, 4.69) is 12.0 Å². The Bertz CT molecular complexity index is 779. The highest BCUT2D eigenvalue weighted by Crippen LogP contribution is 2.33. The summed E-state index contributed by atoms with van der Waals surface area (Å²) < 4.78 is 16.7. The molecule has 1 N–H and O–H groups in total. The van der Waals surface area contributed by atoms with Crippen molar-refractivity contribution in [3.05, 3.63) is 82.3 Å². The van der Waals surface area contributed by atoms with Crippen molar-refractivity contribution in [2.45, 2.75) is 31.8 Å². The molecule has 27 heavy (non-hydrogen) atoms. The Morgan fingerprint density at radius 3 is 2.74 bits per heavy atom. The summed E-state index contributed by atoms with van der Waals surface area (Å²) in [6.07, 6.45) is 3.37. The van der Waals surface area contributed by atoms with Crippen LogP contribution in [-0.4, -0.2) is 24.0 Å². The number of carbonyl (C=O) groups excluding carboxylic acids is 1. The van der Waals surface area contributed by atoms with Gasteiger partial charge < -0.3 is 19.3 Å². The zero-order valence-electron chi connectivity index (χ0n) is 14.9. The lowest BCUT2D eigenvalue weighted by atomic mass is 9.95. The lowest BCUT2D eigenvalue weighted by Gasteiger charge is -2.28. The van der Waals surface area contributed by atoms with Crippen LogP contribution < -0.4 is 0 Å². The molecule has 2 aromatic rings. The molecule has 142 valence electrons. The van der Waals surface area contributed by atoms with Crippen LogP contribution in [0.15, 0.2) is 65.6 Å². The van der Waals surface area contributed by atoms with Gasteiger partial charge in [0.25, 0.3) is 0 Å². The molecular formula is C21H22O5S. The first-order valence-corrected chi connectivity index (χ1v) is 9.62. The standard InChI is InChI=1S/C21H22O5S/c1-2-8-24-21(23)19-10-18(17-7-9-27-14-17)11-20(26-19)25-13-16-5-3-15(12-22)4-6-16/h2-7,9-10,14,18,20,22H,1,8,11-13H2/t18-,20+/m1/s1. The van der Waals surface area contributed by atoms with Gasteiger partial charge >= 0.3 is 5.97 Å². The molecular weight excluding hydrogens is 364 g/mol. The van der Waals surface area contributed by atoms with Crippen molar-refractivity contribution in [1.29, 1.82) is 0 Å². The summed E-state index contributed by atoms with van der Waals surface area (Å²) >= 11 is 1.61. The summed E-state index contributed by atoms with van der Waals surface area (Å²) in [6.45, 7) is 4.04. The first-order valence-electron chi connectivity index (χ1n) is 8.68. The van der Waals surface area contributed by atoms with E-state index in [1.165, 1.54) is 6.08 Å². The third-order valence-electron chi connectivity index (χ3n) is 4.20. The maximum Gasteiger partial charge on any atom is 0.373 e. The average Bonchev–Trinajstić information content (AvgIpc) is 3.25. The van der Waals surface area contributed by atoms with Crippen molar-refractivity contribution >= 4 is 17.3 Å². The highest BCUT2D eigenvalue weighted by Gasteiger charge is 2.29. The minimum absolute atomic E-state index is 0.0101. The number of thiophene rings is 1. The summed E-state index contributed by atoms with van der Waals surface area (Å²) in [6, 6.07) is 9.55. The van der Waals surface area contributed by atoms with E-state index in [4.69, 9.17) is 19.3 Å². The van der Waals surface area contributed by atoms with Crippen molar-refractivity contribution < 1.29 is 24.1 Å². The Morgan fingerprint density at radius 2 is 2.07 bits per heavy atom. The van der Waals surface area contributed by atoms with E-state index in [0.717, 1.165) is 16.7 Å². The number of esters is 1. The van der Waals surface area contributed by atoms with E-state index in [1.807, 2.05) is 35.7 Å². The average molecular weight is 386 g/mol. The van der Waals surface area contributed by atoms with Crippen LogP contribution in [0.5, 0.6) is 0 Å². The Labute approximate surface area is 162 Å². The van der Waals surface area contributed by atoms with Crippen molar-refractivity contribution in [3.8, 4) is 0 Å². The predicted octanol–water partition coefficient (Wildman–Crippen LogP) is 3.90. The summed E-state index contributed by atoms with van der Waals surface area (Å²) in [4.78, 5) is 12.2. The van der Waals surface area contributed by atoms with Crippen LogP contribution >= 0.6 is 11.3 Å². The molecule has 0 spiro atoms. The van der Waals surface area contributed by atoms with Gasteiger partial charge in [-0.25, -0.2) is 4.79 Å². The number of ether oxygens (including phenoxy) is 3. The first kappa shape index (κ1) is 19.4. The summed E-state index contributed by atoms with van der Waals surface area (Å²) in [5.74, 6) is -0.325. The molecule has 1 aromatic carbocycles. The van der Waals surface area contributed by atoms with E-state index >= 15 is 0 Å². The van der Waals surface area contributed by atoms with Crippen molar-refractivity contribution in [2.24, 2.45) is 0 Å². The number of hydrogen-bond acceptors (Lipinski definition) is 6. The van der Waals surface area contributed by atoms with Gasteiger partial charge in [0.1, 0.15) is 6.61 Å². The fraction of sp³-hybridized carbons (Fsp3) is 0.286. The number of aliphatic hydroxyl groups excluding tert-OH is 1. The molecule has 0 radical (unpaired) electrons. The van der Waals surface area contributed by atoms with Crippen molar-refractivity contribution in [3.63, 3.8) is 0 Å². The van der Waals surface area contributed by atoms with Crippen LogP contribution in [0.3, 0.4) is 0 Å². The Morgan fingerprint density at radius 1 is 1.30 bits per heavy atom. The molecule has 0 saturated heterocycles. The summed E-state index contributed by atoms with van der Waals surface area (Å²) in [7, 11) is 0. The zero-order chi connectivity index (χ0) is 19.1. The number of aliphatic hydroxyl groups is 1. The number of carbonyl (C=O) groups is 1. The SMILES string of the molecule is C=CCOC(=O)C1=C[C@@H](c2ccsc2)C[C@@H](OCc2ccc(CO)cc2)O1. The maximum atomic E-state index is 12.2. The van der Waals surface area contributed by atoms with Gasteiger partial charge in [0, 0.05) is 12.3 Å². The quantitative estimate of drug-likeness (QED) is 0.551. The van der Waals surface area contributed by atoms with E-state index in [9.17, 15) is 4.79 Å². The van der Waals surface area contributed by atoms with Gasteiger partial charge in [-0.05, 0) is 39.6 Å². The molecule has 0 fully saturated rings. The Balaban J connectivity index is 1.68. The summed E-state index contributed by atoms with van der Waals surface area (Å²) in [5.41, 5.74) is 2.94. The molecule has 3 rings (SSSR count). The predicted molar refractivity (Wildman–Crippen MR) is 103 cm³/mol. The first-order chi connectivity index (χ1) is 13.2. The van der Waals surface area contributed by atoms with E-state index < -0.39 is 12.3 Å². The molecule has 6 heteroatoms. The molecule has 0 amide bonds. The fourth-order valence-corrected chi connectivity index (χ4v) is 3.48. The van der Waals surface area contributed by atoms with Crippen LogP contribution in [0, 0.1) is 0 Å². The van der Waals surface area contributed by atoms with Gasteiger partial charge in [0.2, 0.25) is 12.0 Å². The third-order valence-corrected chi connectivity index (χ3v) is 4.91. The fourth-order valence-electron chi connectivity index (χ4n) is 2.76. The van der Waals surface area contributed by atoms with Crippen LogP contribution in [0.25, 0.3) is 0 Å². The molecule has 0 aliphatic carbocycles. The van der Waals surface area contributed by atoms with Crippen LogP contribution in [0.2, 0.25) is 0 Å². The Kier molecular flexibility index (Phi) is 6.81. The summed E-state index contributed by atoms with van der Waals surface area (Å²) in [5, 5.41) is 13.2. The van der Waals surface area contributed by atoms with Gasteiger partial charge in [-0.2, -0.15) is 11.3 Å². The largest absolute Gasteiger partial charge is 0.458 e. The number of benzene rings is 1. The van der Waals surface area contributed by atoms with E-state index in [1.54, 1.807) is 17.4 Å². The third kappa shape index (κ3) is 5.29. The molecule has 1 aromatic heterocycles. The monoisotopic (exact) mass is 386 g/mol. The minimum atomic E-state index is -0.552. The molecule has 1 aliphatic rings. The van der Waals surface area contributed by atoms with E-state index in [-0.39, 0.29) is 24.9 Å². The molecule has 5 nitrogen and oxygen atoms in total. The second kappa shape index (κ2) is 9.50. The van der Waals surface area contributed by atoms with Gasteiger partial charge in [0.15, 0.2) is 0 Å². The highest BCUT2D eigenvalue weighted by molar-refractivity contribution is 7.08. The number of hydrogen-bond donors (Lipinski definition) is 1. The highest BCUT2D eigenvalue weighted by atomic mass is 32.1. The molecule has 0 bridgehead atoms. The molecule has 0 saturated carbocycles. The number of allylic oxidation sites excluding steroid dienone is 1. The van der Waals surface area contributed by atoms with Crippen molar-refractivity contribution in [1.82, 2.24) is 0 Å². The molecule has 1 aliphatic heterocycles. The number of rotatable bonds is 8.